The molecule has 148 valence electrons. The molecule has 2 aliphatic heterocycles. The third-order valence-electron chi connectivity index (χ3n) is 7.21. The van der Waals surface area contributed by atoms with Gasteiger partial charge in [0.1, 0.15) is 6.10 Å². The summed E-state index contributed by atoms with van der Waals surface area (Å²) < 4.78 is 22.6. The molecule has 0 aromatic carbocycles. The molecule has 3 fully saturated rings. The van der Waals surface area contributed by atoms with Crippen molar-refractivity contribution in [1.29, 1.82) is 0 Å². The van der Waals surface area contributed by atoms with Crippen LogP contribution in [0, 0.1) is 17.3 Å². The number of fused-ring (bicyclic) bond motifs is 1. The average Bonchev–Trinajstić information content (AvgIpc) is 3.30. The molecule has 1 aromatic rings. The summed E-state index contributed by atoms with van der Waals surface area (Å²) in [5.41, 5.74) is -0.273. The van der Waals surface area contributed by atoms with Crippen LogP contribution in [0.15, 0.2) is 23.0 Å². The number of ether oxygens (including phenoxy) is 3. The van der Waals surface area contributed by atoms with Crippen LogP contribution in [0.4, 0.5) is 0 Å². The summed E-state index contributed by atoms with van der Waals surface area (Å²) in [7, 11) is 1.44. The Morgan fingerprint density at radius 1 is 1.30 bits per heavy atom. The summed E-state index contributed by atoms with van der Waals surface area (Å²) in [6, 6.07) is 1.83. The highest BCUT2D eigenvalue weighted by Crippen LogP contribution is 2.62. The molecule has 0 N–H and O–H groups in total. The van der Waals surface area contributed by atoms with Crippen LogP contribution in [0.3, 0.4) is 0 Å². The van der Waals surface area contributed by atoms with Gasteiger partial charge in [-0.2, -0.15) is 0 Å². The molecule has 1 aliphatic carbocycles. The van der Waals surface area contributed by atoms with Crippen molar-refractivity contribution in [2.45, 2.75) is 70.2 Å². The number of hydrogen-bond acceptors (Lipinski definition) is 6. The van der Waals surface area contributed by atoms with Gasteiger partial charge in [0.15, 0.2) is 0 Å². The number of esters is 2. The molecule has 1 saturated carbocycles. The van der Waals surface area contributed by atoms with Crippen LogP contribution in [0.5, 0.6) is 0 Å². The molecule has 0 bridgehead atoms. The molecule has 0 spiro atoms. The minimum absolute atomic E-state index is 0.0512. The Kier molecular flexibility index (Phi) is 4.57. The molecule has 6 heteroatoms. The molecular weight excluding hydrogens is 348 g/mol. The van der Waals surface area contributed by atoms with Crippen LogP contribution in [0.2, 0.25) is 0 Å². The van der Waals surface area contributed by atoms with E-state index in [0.717, 1.165) is 37.7 Å². The van der Waals surface area contributed by atoms with E-state index in [9.17, 15) is 9.59 Å². The smallest absolute Gasteiger partial charge is 0.312 e. The van der Waals surface area contributed by atoms with E-state index in [2.05, 4.69) is 13.8 Å². The fourth-order valence-corrected chi connectivity index (χ4v) is 5.77. The minimum Gasteiger partial charge on any atom is -0.472 e. The molecule has 4 rings (SSSR count). The van der Waals surface area contributed by atoms with Gasteiger partial charge in [-0.05, 0) is 45.1 Å². The highest BCUT2D eigenvalue weighted by molar-refractivity contribution is 5.78. The Morgan fingerprint density at radius 2 is 2.11 bits per heavy atom. The average molecular weight is 376 g/mol. The van der Waals surface area contributed by atoms with Crippen molar-refractivity contribution in [2.75, 3.05) is 7.11 Å². The lowest BCUT2D eigenvalue weighted by atomic mass is 9.51. The van der Waals surface area contributed by atoms with Crippen LogP contribution < -0.4 is 0 Å². The summed E-state index contributed by atoms with van der Waals surface area (Å²) in [6.07, 6.45) is 7.58. The lowest BCUT2D eigenvalue weighted by Crippen LogP contribution is -2.65. The predicted octanol–water partition coefficient (Wildman–Crippen LogP) is 3.80. The highest BCUT2D eigenvalue weighted by Gasteiger charge is 2.66. The monoisotopic (exact) mass is 376 g/mol. The van der Waals surface area contributed by atoms with Gasteiger partial charge >= 0.3 is 11.9 Å². The van der Waals surface area contributed by atoms with Gasteiger partial charge in [0.25, 0.3) is 0 Å². The Hall–Kier alpha value is -1.82. The molecule has 1 aromatic heterocycles. The van der Waals surface area contributed by atoms with Crippen LogP contribution in [-0.2, 0) is 23.8 Å². The first kappa shape index (κ1) is 18.5. The molecular formula is C21H28O6. The SMILES string of the molecule is COC(=O)[C@@H]1CCC[C@]2([C@@H]3C[C@@H](c4ccoc4)OC3=O)O[C@H](C)CC[C@]12C. The van der Waals surface area contributed by atoms with Gasteiger partial charge in [0.05, 0.1) is 43.2 Å². The maximum absolute atomic E-state index is 13.0. The summed E-state index contributed by atoms with van der Waals surface area (Å²) in [5.74, 6) is -1.08. The van der Waals surface area contributed by atoms with Crippen LogP contribution in [-0.4, -0.2) is 30.8 Å². The number of methoxy groups -OCH3 is 1. The molecule has 2 saturated heterocycles. The van der Waals surface area contributed by atoms with Crippen LogP contribution >= 0.6 is 0 Å². The van der Waals surface area contributed by atoms with E-state index in [0.29, 0.717) is 6.42 Å². The Balaban J connectivity index is 1.72. The number of furan rings is 1. The van der Waals surface area contributed by atoms with Crippen molar-refractivity contribution >= 4 is 11.9 Å². The van der Waals surface area contributed by atoms with E-state index < -0.39 is 16.9 Å². The van der Waals surface area contributed by atoms with Crippen molar-refractivity contribution < 1.29 is 28.2 Å². The summed E-state index contributed by atoms with van der Waals surface area (Å²) in [6.45, 7) is 4.16. The van der Waals surface area contributed by atoms with E-state index in [1.807, 2.05) is 6.07 Å². The lowest BCUT2D eigenvalue weighted by Gasteiger charge is -2.60. The van der Waals surface area contributed by atoms with E-state index >= 15 is 0 Å². The summed E-state index contributed by atoms with van der Waals surface area (Å²) >= 11 is 0. The third-order valence-corrected chi connectivity index (χ3v) is 7.21. The highest BCUT2D eigenvalue weighted by atomic mass is 16.6. The molecule has 0 unspecified atom stereocenters. The second kappa shape index (κ2) is 6.66. The van der Waals surface area contributed by atoms with Gasteiger partial charge in [-0.1, -0.05) is 6.92 Å². The zero-order valence-corrected chi connectivity index (χ0v) is 16.2. The second-order valence-electron chi connectivity index (χ2n) is 8.51. The van der Waals surface area contributed by atoms with Crippen molar-refractivity contribution in [3.63, 3.8) is 0 Å². The number of hydrogen-bond donors (Lipinski definition) is 0. The number of carbonyl (C=O) groups is 2. The molecule has 6 atom stereocenters. The van der Waals surface area contributed by atoms with E-state index in [1.54, 1.807) is 12.5 Å². The largest absolute Gasteiger partial charge is 0.472 e. The summed E-state index contributed by atoms with van der Waals surface area (Å²) in [5, 5.41) is 0. The molecule has 0 radical (unpaired) electrons. The zero-order valence-electron chi connectivity index (χ0n) is 16.2. The van der Waals surface area contributed by atoms with Gasteiger partial charge in [-0.3, -0.25) is 9.59 Å². The predicted molar refractivity (Wildman–Crippen MR) is 95.6 cm³/mol. The quantitative estimate of drug-likeness (QED) is 0.747. The fourth-order valence-electron chi connectivity index (χ4n) is 5.77. The Bertz CT molecular complexity index is 712. The van der Waals surface area contributed by atoms with Crippen LogP contribution in [0.25, 0.3) is 0 Å². The molecule has 0 amide bonds. The first-order valence-corrected chi connectivity index (χ1v) is 9.89. The van der Waals surface area contributed by atoms with Crippen molar-refractivity contribution in [2.24, 2.45) is 17.3 Å². The Labute approximate surface area is 159 Å². The maximum atomic E-state index is 13.0. The van der Waals surface area contributed by atoms with Crippen molar-refractivity contribution in [3.05, 3.63) is 24.2 Å². The van der Waals surface area contributed by atoms with Gasteiger partial charge in [0.2, 0.25) is 0 Å². The number of rotatable bonds is 3. The van der Waals surface area contributed by atoms with Gasteiger partial charge in [0, 0.05) is 17.4 Å². The second-order valence-corrected chi connectivity index (χ2v) is 8.51. The van der Waals surface area contributed by atoms with E-state index in [1.165, 1.54) is 7.11 Å². The van der Waals surface area contributed by atoms with Gasteiger partial charge < -0.3 is 18.6 Å². The van der Waals surface area contributed by atoms with E-state index in [-0.39, 0.29) is 30.1 Å². The van der Waals surface area contributed by atoms with Crippen molar-refractivity contribution in [3.8, 4) is 0 Å². The molecule has 3 heterocycles. The summed E-state index contributed by atoms with van der Waals surface area (Å²) in [4.78, 5) is 25.6. The molecule has 27 heavy (non-hydrogen) atoms. The number of carbonyl (C=O) groups excluding carboxylic acids is 2. The van der Waals surface area contributed by atoms with E-state index in [4.69, 9.17) is 18.6 Å². The molecule has 6 nitrogen and oxygen atoms in total. The minimum atomic E-state index is -0.697. The fraction of sp³-hybridized carbons (Fsp3) is 0.714. The first-order chi connectivity index (χ1) is 12.9. The zero-order chi connectivity index (χ0) is 19.2. The number of cyclic esters (lactones) is 1. The lowest BCUT2D eigenvalue weighted by molar-refractivity contribution is -0.256. The van der Waals surface area contributed by atoms with Crippen molar-refractivity contribution in [1.82, 2.24) is 0 Å². The molecule has 3 aliphatic rings. The first-order valence-electron chi connectivity index (χ1n) is 9.89. The topological polar surface area (TPSA) is 75.0 Å². The standard InChI is InChI=1S/C21H28O6/c1-13-6-9-20(2)15(18(22)24-3)5-4-8-21(20,27-13)16-11-17(26-19(16)23)14-7-10-25-12-14/h7,10,12-13,15-17H,4-6,8-9,11H2,1-3H3/t13-,15+,16-,17+,20-,21-/m1/s1. The Morgan fingerprint density at radius 3 is 2.81 bits per heavy atom. The van der Waals surface area contributed by atoms with Gasteiger partial charge in [-0.15, -0.1) is 0 Å². The third kappa shape index (κ3) is 2.72. The maximum Gasteiger partial charge on any atom is 0.312 e. The normalized spacial score (nSPS) is 41.7. The van der Waals surface area contributed by atoms with Crippen LogP contribution in [0.1, 0.15) is 64.0 Å². The van der Waals surface area contributed by atoms with Gasteiger partial charge in [-0.25, -0.2) is 0 Å².